The number of alkyl halides is 3. The van der Waals surface area contributed by atoms with Crippen LogP contribution in [-0.4, -0.2) is 39.7 Å². The normalized spacial score (nSPS) is 18.8. The number of carboxylic acid groups (broad SMARTS) is 1. The number of benzene rings is 1. The smallest absolute Gasteiger partial charge is 0.418 e. The third-order valence-corrected chi connectivity index (χ3v) is 6.57. The summed E-state index contributed by atoms with van der Waals surface area (Å²) in [5, 5.41) is 8.74. The van der Waals surface area contributed by atoms with E-state index in [0.717, 1.165) is 36.2 Å². The zero-order valence-corrected chi connectivity index (χ0v) is 18.6. The number of pyridine rings is 1. The van der Waals surface area contributed by atoms with Crippen LogP contribution in [0.2, 0.25) is 5.02 Å². The number of carboxylic acids is 1. The molecule has 0 bridgehead atoms. The van der Waals surface area contributed by atoms with Gasteiger partial charge in [-0.05, 0) is 61.8 Å². The first-order valence-corrected chi connectivity index (χ1v) is 11.0. The molecule has 2 fully saturated rings. The van der Waals surface area contributed by atoms with Crippen molar-refractivity contribution in [2.24, 2.45) is 0 Å². The van der Waals surface area contributed by atoms with Gasteiger partial charge in [0, 0.05) is 25.7 Å². The van der Waals surface area contributed by atoms with Crippen LogP contribution in [0.4, 0.5) is 17.6 Å². The molecule has 1 aromatic carbocycles. The first-order valence-electron chi connectivity index (χ1n) is 10.6. The van der Waals surface area contributed by atoms with Crippen molar-refractivity contribution in [3.05, 3.63) is 57.5 Å². The summed E-state index contributed by atoms with van der Waals surface area (Å²) in [6.07, 6.45) is -0.685. The molecule has 10 heteroatoms. The Kier molecular flexibility index (Phi) is 6.30. The minimum Gasteiger partial charge on any atom is -0.478 e. The molecule has 2 aliphatic rings. The molecule has 33 heavy (non-hydrogen) atoms. The van der Waals surface area contributed by atoms with E-state index in [1.165, 1.54) is 12.1 Å². The zero-order valence-electron chi connectivity index (χ0n) is 17.9. The predicted molar refractivity (Wildman–Crippen MR) is 113 cm³/mol. The Morgan fingerprint density at radius 3 is 2.52 bits per heavy atom. The Labute approximate surface area is 193 Å². The summed E-state index contributed by atoms with van der Waals surface area (Å²) in [6.45, 7) is 3.46. The van der Waals surface area contributed by atoms with Crippen LogP contribution in [0.3, 0.4) is 0 Å². The molecule has 0 unspecified atom stereocenters. The van der Waals surface area contributed by atoms with Crippen LogP contribution in [0.25, 0.3) is 0 Å². The van der Waals surface area contributed by atoms with Crippen molar-refractivity contribution in [2.75, 3.05) is 13.1 Å². The van der Waals surface area contributed by atoms with Gasteiger partial charge >= 0.3 is 12.1 Å². The Morgan fingerprint density at radius 1 is 1.27 bits per heavy atom. The number of aromatic carboxylic acids is 1. The SMILES string of the molecule is CC1(Oc2cc(C(F)(F)F)c(Cl)cn2)CCN(Cc2cc(F)c(C(=O)O)cc2C2CC2)CC1. The number of hydrogen-bond donors (Lipinski definition) is 1. The highest BCUT2D eigenvalue weighted by Crippen LogP contribution is 2.43. The van der Waals surface area contributed by atoms with Crippen molar-refractivity contribution >= 4 is 17.6 Å². The molecule has 1 aliphatic heterocycles. The molecule has 0 amide bonds. The van der Waals surface area contributed by atoms with Crippen LogP contribution in [0.15, 0.2) is 24.4 Å². The molecule has 2 heterocycles. The van der Waals surface area contributed by atoms with E-state index in [-0.39, 0.29) is 17.4 Å². The van der Waals surface area contributed by atoms with Crippen LogP contribution in [0.1, 0.15) is 65.6 Å². The van der Waals surface area contributed by atoms with Gasteiger partial charge in [-0.15, -0.1) is 0 Å². The van der Waals surface area contributed by atoms with E-state index in [4.69, 9.17) is 16.3 Å². The molecule has 4 rings (SSSR count). The van der Waals surface area contributed by atoms with Gasteiger partial charge in [0.05, 0.1) is 22.3 Å². The summed E-state index contributed by atoms with van der Waals surface area (Å²) in [5.74, 6) is -1.90. The standard InChI is InChI=1S/C23H23ClF4N2O3/c1-22(33-20-10-17(23(26,27)28)18(24)11-29-20)4-6-30(7-5-22)12-14-8-19(25)16(21(31)32)9-15(14)13-2-3-13/h8-11,13H,2-7,12H2,1H3,(H,31,32). The first kappa shape index (κ1) is 23.8. The lowest BCUT2D eigenvalue weighted by Gasteiger charge is -2.39. The zero-order chi connectivity index (χ0) is 24.0. The number of carbonyl (C=O) groups is 1. The Hall–Kier alpha value is -2.39. The van der Waals surface area contributed by atoms with Gasteiger partial charge in [-0.1, -0.05) is 11.6 Å². The van der Waals surface area contributed by atoms with Crippen molar-refractivity contribution in [2.45, 2.75) is 56.8 Å². The van der Waals surface area contributed by atoms with Gasteiger partial charge in [0.1, 0.15) is 11.4 Å². The van der Waals surface area contributed by atoms with Gasteiger partial charge in [0.15, 0.2) is 0 Å². The van der Waals surface area contributed by atoms with Crippen LogP contribution in [-0.2, 0) is 12.7 Å². The fourth-order valence-electron chi connectivity index (χ4n) is 4.18. The number of hydrogen-bond acceptors (Lipinski definition) is 4. The van der Waals surface area contributed by atoms with Crippen molar-refractivity contribution in [1.82, 2.24) is 9.88 Å². The van der Waals surface area contributed by atoms with E-state index in [1.807, 2.05) is 6.92 Å². The summed E-state index contributed by atoms with van der Waals surface area (Å²) >= 11 is 5.63. The quantitative estimate of drug-likeness (QED) is 0.515. The summed E-state index contributed by atoms with van der Waals surface area (Å²) in [4.78, 5) is 17.3. The second-order valence-corrected chi connectivity index (χ2v) is 9.35. The minimum absolute atomic E-state index is 0.134. The number of aromatic nitrogens is 1. The molecule has 2 aromatic rings. The van der Waals surface area contributed by atoms with E-state index in [2.05, 4.69) is 9.88 Å². The monoisotopic (exact) mass is 486 g/mol. The number of halogens is 5. The Morgan fingerprint density at radius 2 is 1.94 bits per heavy atom. The molecule has 1 saturated heterocycles. The lowest BCUT2D eigenvalue weighted by atomic mass is 9.92. The molecule has 0 spiro atoms. The summed E-state index contributed by atoms with van der Waals surface area (Å²) < 4.78 is 59.5. The van der Waals surface area contributed by atoms with Crippen molar-refractivity contribution < 1.29 is 32.2 Å². The molecule has 0 atom stereocenters. The highest BCUT2D eigenvalue weighted by Gasteiger charge is 2.37. The number of piperidine rings is 1. The molecular formula is C23H23ClF4N2O3. The number of rotatable bonds is 6. The molecule has 1 saturated carbocycles. The fraction of sp³-hybridized carbons (Fsp3) is 0.478. The topological polar surface area (TPSA) is 62.7 Å². The largest absolute Gasteiger partial charge is 0.478 e. The summed E-state index contributed by atoms with van der Waals surface area (Å²) in [5.41, 5.74) is -0.358. The predicted octanol–water partition coefficient (Wildman–Crippen LogP) is 5.90. The average Bonchev–Trinajstić information content (AvgIpc) is 3.55. The summed E-state index contributed by atoms with van der Waals surface area (Å²) in [7, 11) is 0. The third-order valence-electron chi connectivity index (χ3n) is 6.27. The lowest BCUT2D eigenvalue weighted by molar-refractivity contribution is -0.137. The van der Waals surface area contributed by atoms with E-state index < -0.39 is 34.1 Å². The highest BCUT2D eigenvalue weighted by molar-refractivity contribution is 6.31. The van der Waals surface area contributed by atoms with Crippen LogP contribution in [0.5, 0.6) is 5.88 Å². The lowest BCUT2D eigenvalue weighted by Crippen LogP contribution is -2.46. The molecule has 178 valence electrons. The fourth-order valence-corrected chi connectivity index (χ4v) is 4.39. The van der Waals surface area contributed by atoms with Crippen molar-refractivity contribution in [3.63, 3.8) is 0 Å². The Bertz CT molecular complexity index is 1060. The van der Waals surface area contributed by atoms with E-state index >= 15 is 0 Å². The van der Waals surface area contributed by atoms with Gasteiger partial charge in [-0.25, -0.2) is 14.2 Å². The second kappa shape index (κ2) is 8.76. The average molecular weight is 487 g/mol. The third kappa shape index (κ3) is 5.41. The molecule has 5 nitrogen and oxygen atoms in total. The number of nitrogens with zero attached hydrogens (tertiary/aromatic N) is 2. The molecular weight excluding hydrogens is 464 g/mol. The van der Waals surface area contributed by atoms with Gasteiger partial charge in [-0.2, -0.15) is 13.2 Å². The van der Waals surface area contributed by atoms with E-state index in [1.54, 1.807) is 0 Å². The highest BCUT2D eigenvalue weighted by atomic mass is 35.5. The molecule has 1 aromatic heterocycles. The second-order valence-electron chi connectivity index (χ2n) is 8.94. The number of ether oxygens (including phenoxy) is 1. The number of likely N-dealkylation sites (tertiary alicyclic amines) is 1. The van der Waals surface area contributed by atoms with Crippen molar-refractivity contribution in [1.29, 1.82) is 0 Å². The minimum atomic E-state index is -4.60. The maximum absolute atomic E-state index is 14.3. The molecule has 1 aliphatic carbocycles. The maximum Gasteiger partial charge on any atom is 0.418 e. The van der Waals surface area contributed by atoms with Crippen molar-refractivity contribution in [3.8, 4) is 5.88 Å². The van der Waals surface area contributed by atoms with Gasteiger partial charge in [-0.3, -0.25) is 4.90 Å². The van der Waals surface area contributed by atoms with Gasteiger partial charge in [0.25, 0.3) is 0 Å². The van der Waals surface area contributed by atoms with Crippen LogP contribution in [0, 0.1) is 5.82 Å². The Balaban J connectivity index is 1.43. The van der Waals surface area contributed by atoms with Gasteiger partial charge < -0.3 is 9.84 Å². The van der Waals surface area contributed by atoms with E-state index in [9.17, 15) is 27.5 Å². The molecule has 1 N–H and O–H groups in total. The van der Waals surface area contributed by atoms with Crippen LogP contribution >= 0.6 is 11.6 Å². The maximum atomic E-state index is 14.3. The van der Waals surface area contributed by atoms with Gasteiger partial charge in [0.2, 0.25) is 5.88 Å². The van der Waals surface area contributed by atoms with Crippen LogP contribution < -0.4 is 4.74 Å². The molecule has 0 radical (unpaired) electrons. The first-order chi connectivity index (χ1) is 15.4. The summed E-state index contributed by atoms with van der Waals surface area (Å²) in [6, 6.07) is 3.58. The van der Waals surface area contributed by atoms with E-state index in [0.29, 0.717) is 32.5 Å².